The van der Waals surface area contributed by atoms with Gasteiger partial charge in [-0.15, -0.1) is 0 Å². The van der Waals surface area contributed by atoms with Gasteiger partial charge in [-0.3, -0.25) is 9.69 Å². The maximum Gasteiger partial charge on any atom is 0.325 e. The highest BCUT2D eigenvalue weighted by Crippen LogP contribution is 2.31. The quantitative estimate of drug-likeness (QED) is 0.837. The molecule has 1 aromatic carbocycles. The molecule has 2 fully saturated rings. The molecular formula is C17H23N3O2. The van der Waals surface area contributed by atoms with Crippen LogP contribution in [-0.2, 0) is 16.8 Å². The molecule has 118 valence electrons. The van der Waals surface area contributed by atoms with Gasteiger partial charge in [0.2, 0.25) is 0 Å². The second kappa shape index (κ2) is 5.72. The van der Waals surface area contributed by atoms with Gasteiger partial charge in [0.05, 0.1) is 0 Å². The Balaban J connectivity index is 1.87. The minimum Gasteiger partial charge on any atom is -0.319 e. The van der Waals surface area contributed by atoms with Crippen LogP contribution in [0.15, 0.2) is 24.3 Å². The summed E-state index contributed by atoms with van der Waals surface area (Å²) in [6.07, 6.45) is 2.60. The number of imide groups is 1. The Bertz CT molecular complexity index is 578. The maximum absolute atomic E-state index is 12.9. The molecule has 22 heavy (non-hydrogen) atoms. The van der Waals surface area contributed by atoms with Crippen LogP contribution in [0.2, 0.25) is 0 Å². The van der Waals surface area contributed by atoms with Crippen molar-refractivity contribution in [2.75, 3.05) is 13.1 Å². The number of benzene rings is 1. The summed E-state index contributed by atoms with van der Waals surface area (Å²) < 4.78 is 0. The predicted molar refractivity (Wildman–Crippen MR) is 84.4 cm³/mol. The van der Waals surface area contributed by atoms with Crippen LogP contribution in [0.4, 0.5) is 4.79 Å². The first kappa shape index (κ1) is 15.0. The summed E-state index contributed by atoms with van der Waals surface area (Å²) in [5.41, 5.74) is 1.12. The van der Waals surface area contributed by atoms with Gasteiger partial charge in [0.25, 0.3) is 5.91 Å². The molecular weight excluding hydrogens is 278 g/mol. The van der Waals surface area contributed by atoms with E-state index in [0.717, 1.165) is 37.9 Å². The summed E-state index contributed by atoms with van der Waals surface area (Å²) in [6, 6.07) is 7.68. The minimum atomic E-state index is -0.950. The van der Waals surface area contributed by atoms with Gasteiger partial charge in [-0.25, -0.2) is 4.79 Å². The maximum atomic E-state index is 12.9. The highest BCUT2D eigenvalue weighted by atomic mass is 16.2. The summed E-state index contributed by atoms with van der Waals surface area (Å²) in [4.78, 5) is 26.7. The zero-order chi connectivity index (χ0) is 15.7. The first-order chi connectivity index (χ1) is 10.6. The number of nitrogens with zero attached hydrogens (tertiary/aromatic N) is 1. The van der Waals surface area contributed by atoms with Crippen LogP contribution in [0.5, 0.6) is 0 Å². The number of carbonyl (C=O) groups is 2. The van der Waals surface area contributed by atoms with E-state index < -0.39 is 5.54 Å². The van der Waals surface area contributed by atoms with Crippen molar-refractivity contribution in [3.05, 3.63) is 35.4 Å². The van der Waals surface area contributed by atoms with Crippen LogP contribution in [-0.4, -0.2) is 36.0 Å². The first-order valence-corrected chi connectivity index (χ1v) is 8.02. The molecule has 2 saturated heterocycles. The lowest BCUT2D eigenvalue weighted by molar-refractivity contribution is -0.133. The molecule has 1 aromatic rings. The van der Waals surface area contributed by atoms with E-state index in [4.69, 9.17) is 0 Å². The van der Waals surface area contributed by atoms with E-state index in [9.17, 15) is 9.59 Å². The Morgan fingerprint density at radius 3 is 2.41 bits per heavy atom. The standard InChI is InChI=1S/C17H23N3O2/c1-3-12-4-6-13(7-5-12)17(2)15(21)20(16(22)19-17)14-8-10-18-11-9-14/h4-7,14,18H,3,8-11H2,1-2H3,(H,19,22). The van der Waals surface area contributed by atoms with Crippen molar-refractivity contribution in [1.29, 1.82) is 0 Å². The monoisotopic (exact) mass is 301 g/mol. The van der Waals surface area contributed by atoms with Crippen LogP contribution in [0, 0.1) is 0 Å². The molecule has 5 nitrogen and oxygen atoms in total. The molecule has 2 aliphatic heterocycles. The average molecular weight is 301 g/mol. The largest absolute Gasteiger partial charge is 0.325 e. The molecule has 0 spiro atoms. The number of nitrogens with one attached hydrogen (secondary N) is 2. The molecule has 0 bridgehead atoms. The normalized spacial score (nSPS) is 26.4. The lowest BCUT2D eigenvalue weighted by atomic mass is 9.90. The number of aryl methyl sites for hydroxylation is 1. The van der Waals surface area contributed by atoms with Gasteiger partial charge in [0, 0.05) is 6.04 Å². The molecule has 3 amide bonds. The van der Waals surface area contributed by atoms with E-state index in [0.29, 0.717) is 0 Å². The number of carbonyl (C=O) groups excluding carboxylic acids is 2. The molecule has 0 radical (unpaired) electrons. The zero-order valence-electron chi connectivity index (χ0n) is 13.2. The topological polar surface area (TPSA) is 61.4 Å². The van der Waals surface area contributed by atoms with Crippen LogP contribution in [0.25, 0.3) is 0 Å². The Kier molecular flexibility index (Phi) is 3.91. The molecule has 0 aromatic heterocycles. The fraction of sp³-hybridized carbons (Fsp3) is 0.529. The molecule has 3 rings (SSSR count). The number of hydrogen-bond donors (Lipinski definition) is 2. The van der Waals surface area contributed by atoms with Gasteiger partial charge in [0.1, 0.15) is 5.54 Å². The third kappa shape index (κ3) is 2.39. The number of piperidine rings is 1. The van der Waals surface area contributed by atoms with Crippen molar-refractivity contribution in [2.45, 2.75) is 44.7 Å². The molecule has 0 aliphatic carbocycles. The summed E-state index contributed by atoms with van der Waals surface area (Å²) in [5.74, 6) is -0.131. The van der Waals surface area contributed by atoms with Crippen LogP contribution < -0.4 is 10.6 Å². The fourth-order valence-corrected chi connectivity index (χ4v) is 3.33. The second-order valence-corrected chi connectivity index (χ2v) is 6.26. The smallest absolute Gasteiger partial charge is 0.319 e. The van der Waals surface area contributed by atoms with Crippen LogP contribution in [0.3, 0.4) is 0 Å². The third-order valence-electron chi connectivity index (χ3n) is 4.84. The van der Waals surface area contributed by atoms with Gasteiger partial charge in [-0.05, 0) is 50.4 Å². The molecule has 5 heteroatoms. The number of hydrogen-bond acceptors (Lipinski definition) is 3. The Morgan fingerprint density at radius 1 is 1.18 bits per heavy atom. The highest BCUT2D eigenvalue weighted by Gasteiger charge is 2.51. The van der Waals surface area contributed by atoms with E-state index in [1.165, 1.54) is 10.5 Å². The summed E-state index contributed by atoms with van der Waals surface area (Å²) in [7, 11) is 0. The number of rotatable bonds is 3. The molecule has 2 heterocycles. The Hall–Kier alpha value is -1.88. The minimum absolute atomic E-state index is 0.00508. The highest BCUT2D eigenvalue weighted by molar-refractivity contribution is 6.07. The first-order valence-electron chi connectivity index (χ1n) is 8.02. The number of urea groups is 1. The SMILES string of the molecule is CCc1ccc(C2(C)NC(=O)N(C3CCNCC3)C2=O)cc1. The summed E-state index contributed by atoms with van der Waals surface area (Å²) in [6.45, 7) is 5.60. The van der Waals surface area contributed by atoms with Gasteiger partial charge in [-0.2, -0.15) is 0 Å². The fourth-order valence-electron chi connectivity index (χ4n) is 3.33. The lowest BCUT2D eigenvalue weighted by Gasteiger charge is -2.30. The van der Waals surface area contributed by atoms with E-state index in [1.807, 2.05) is 24.3 Å². The lowest BCUT2D eigenvalue weighted by Crippen LogP contribution is -2.47. The van der Waals surface area contributed by atoms with Crippen molar-refractivity contribution < 1.29 is 9.59 Å². The van der Waals surface area contributed by atoms with Gasteiger partial charge < -0.3 is 10.6 Å². The summed E-state index contributed by atoms with van der Waals surface area (Å²) in [5, 5.41) is 6.16. The Morgan fingerprint density at radius 2 is 1.82 bits per heavy atom. The van der Waals surface area contributed by atoms with E-state index >= 15 is 0 Å². The predicted octanol–water partition coefficient (Wildman–Crippen LogP) is 1.77. The van der Waals surface area contributed by atoms with E-state index in [1.54, 1.807) is 6.92 Å². The van der Waals surface area contributed by atoms with E-state index in [-0.39, 0.29) is 18.0 Å². The van der Waals surface area contributed by atoms with E-state index in [2.05, 4.69) is 17.6 Å². The summed E-state index contributed by atoms with van der Waals surface area (Å²) >= 11 is 0. The van der Waals surface area contributed by atoms with Crippen LogP contribution in [0.1, 0.15) is 37.8 Å². The number of amides is 3. The molecule has 2 N–H and O–H groups in total. The second-order valence-electron chi connectivity index (χ2n) is 6.26. The van der Waals surface area contributed by atoms with Crippen molar-refractivity contribution in [1.82, 2.24) is 15.5 Å². The van der Waals surface area contributed by atoms with Gasteiger partial charge in [-0.1, -0.05) is 31.2 Å². The molecule has 1 atom stereocenters. The van der Waals surface area contributed by atoms with Crippen molar-refractivity contribution in [3.8, 4) is 0 Å². The zero-order valence-corrected chi connectivity index (χ0v) is 13.2. The molecule has 2 aliphatic rings. The van der Waals surface area contributed by atoms with Crippen molar-refractivity contribution in [3.63, 3.8) is 0 Å². The Labute approximate surface area is 131 Å². The van der Waals surface area contributed by atoms with Crippen molar-refractivity contribution in [2.24, 2.45) is 0 Å². The third-order valence-corrected chi connectivity index (χ3v) is 4.84. The molecule has 1 unspecified atom stereocenters. The van der Waals surface area contributed by atoms with Gasteiger partial charge >= 0.3 is 6.03 Å². The average Bonchev–Trinajstić information content (AvgIpc) is 2.78. The van der Waals surface area contributed by atoms with Gasteiger partial charge in [0.15, 0.2) is 0 Å². The van der Waals surface area contributed by atoms with Crippen molar-refractivity contribution >= 4 is 11.9 Å². The molecule has 0 saturated carbocycles. The van der Waals surface area contributed by atoms with Crippen LogP contribution >= 0.6 is 0 Å².